The van der Waals surface area contributed by atoms with Crippen LogP contribution in [0.2, 0.25) is 0 Å². The lowest BCUT2D eigenvalue weighted by Gasteiger charge is -2.28. The molecule has 0 radical (unpaired) electrons. The minimum absolute atomic E-state index is 0.0851. The van der Waals surface area contributed by atoms with Crippen LogP contribution in [0.4, 0.5) is 4.39 Å². The summed E-state index contributed by atoms with van der Waals surface area (Å²) >= 11 is 0. The number of nitrogens with two attached hydrogens (primary N) is 1. The predicted octanol–water partition coefficient (Wildman–Crippen LogP) is 2.10. The summed E-state index contributed by atoms with van der Waals surface area (Å²) in [5.74, 6) is 0.701. The van der Waals surface area contributed by atoms with Gasteiger partial charge in [0.15, 0.2) is 0 Å². The molecular formula is C14H17FN2O. The zero-order chi connectivity index (χ0) is 12.5. The van der Waals surface area contributed by atoms with Crippen LogP contribution in [-0.4, -0.2) is 24.6 Å². The van der Waals surface area contributed by atoms with Crippen molar-refractivity contribution in [1.82, 2.24) is 0 Å². The van der Waals surface area contributed by atoms with Gasteiger partial charge in [0.1, 0.15) is 11.9 Å². The third-order valence-electron chi connectivity index (χ3n) is 3.85. The van der Waals surface area contributed by atoms with Crippen molar-refractivity contribution < 1.29 is 9.13 Å². The van der Waals surface area contributed by atoms with Crippen LogP contribution >= 0.6 is 0 Å². The molecule has 0 aromatic heterocycles. The van der Waals surface area contributed by atoms with Crippen molar-refractivity contribution in [2.24, 2.45) is 16.6 Å². The van der Waals surface area contributed by atoms with E-state index in [9.17, 15) is 4.39 Å². The van der Waals surface area contributed by atoms with E-state index in [1.165, 1.54) is 6.07 Å². The maximum Gasteiger partial charge on any atom is 0.219 e. The SMILES string of the molecule is NCC1CCC2N=C(c3ccccc3F)OC2C1. The molecule has 3 rings (SSSR count). The Bertz CT molecular complexity index is 475. The highest BCUT2D eigenvalue weighted by Crippen LogP contribution is 2.33. The van der Waals surface area contributed by atoms with Crippen molar-refractivity contribution >= 4 is 5.90 Å². The second kappa shape index (κ2) is 4.69. The molecule has 3 unspecified atom stereocenters. The summed E-state index contributed by atoms with van der Waals surface area (Å²) in [6, 6.07) is 6.81. The Balaban J connectivity index is 1.80. The van der Waals surface area contributed by atoms with E-state index in [2.05, 4.69) is 4.99 Å². The van der Waals surface area contributed by atoms with Gasteiger partial charge in [0.25, 0.3) is 0 Å². The first-order valence-electron chi connectivity index (χ1n) is 6.47. The van der Waals surface area contributed by atoms with E-state index < -0.39 is 0 Å². The Morgan fingerprint density at radius 2 is 2.17 bits per heavy atom. The van der Waals surface area contributed by atoms with E-state index in [1.54, 1.807) is 18.2 Å². The summed E-state index contributed by atoms with van der Waals surface area (Å²) in [5.41, 5.74) is 6.17. The maximum atomic E-state index is 13.7. The molecule has 2 N–H and O–H groups in total. The molecule has 3 nitrogen and oxygen atoms in total. The molecule has 2 aliphatic rings. The fraction of sp³-hybridized carbons (Fsp3) is 0.500. The Kier molecular flexibility index (Phi) is 3.04. The summed E-state index contributed by atoms with van der Waals surface area (Å²) in [6.45, 7) is 0.696. The molecule has 0 saturated heterocycles. The van der Waals surface area contributed by atoms with Crippen molar-refractivity contribution in [2.45, 2.75) is 31.4 Å². The summed E-state index contributed by atoms with van der Waals surface area (Å²) in [4.78, 5) is 4.52. The average Bonchev–Trinajstić information content (AvgIpc) is 2.81. The molecule has 4 heteroatoms. The van der Waals surface area contributed by atoms with E-state index in [0.29, 0.717) is 23.9 Å². The molecule has 0 bridgehead atoms. The molecule has 1 aromatic rings. The fourth-order valence-electron chi connectivity index (χ4n) is 2.78. The first-order valence-corrected chi connectivity index (χ1v) is 6.47. The smallest absolute Gasteiger partial charge is 0.219 e. The molecule has 1 aliphatic carbocycles. The van der Waals surface area contributed by atoms with Gasteiger partial charge in [0.2, 0.25) is 5.90 Å². The molecule has 96 valence electrons. The van der Waals surface area contributed by atoms with Gasteiger partial charge >= 0.3 is 0 Å². The van der Waals surface area contributed by atoms with Gasteiger partial charge in [-0.05, 0) is 43.9 Å². The normalized spacial score (nSPS) is 30.6. The number of nitrogens with zero attached hydrogens (tertiary/aromatic N) is 1. The summed E-state index contributed by atoms with van der Waals surface area (Å²) in [7, 11) is 0. The molecule has 1 fully saturated rings. The van der Waals surface area contributed by atoms with Gasteiger partial charge in [0.05, 0.1) is 11.6 Å². The third kappa shape index (κ3) is 2.01. The Hall–Kier alpha value is -1.42. The van der Waals surface area contributed by atoms with Gasteiger partial charge in [-0.2, -0.15) is 0 Å². The third-order valence-corrected chi connectivity index (χ3v) is 3.85. The number of hydrogen-bond donors (Lipinski definition) is 1. The molecule has 1 heterocycles. The van der Waals surface area contributed by atoms with E-state index in [4.69, 9.17) is 10.5 Å². The van der Waals surface area contributed by atoms with E-state index >= 15 is 0 Å². The van der Waals surface area contributed by atoms with Gasteiger partial charge in [0, 0.05) is 0 Å². The number of ether oxygens (including phenoxy) is 1. The van der Waals surface area contributed by atoms with Crippen molar-refractivity contribution in [2.75, 3.05) is 6.54 Å². The van der Waals surface area contributed by atoms with Gasteiger partial charge in [-0.3, -0.25) is 0 Å². The van der Waals surface area contributed by atoms with Crippen LogP contribution in [0.1, 0.15) is 24.8 Å². The molecule has 1 aliphatic heterocycles. The lowest BCUT2D eigenvalue weighted by atomic mass is 9.84. The number of aliphatic imine (C=N–C) groups is 1. The molecule has 1 saturated carbocycles. The topological polar surface area (TPSA) is 47.6 Å². The van der Waals surface area contributed by atoms with Crippen LogP contribution in [0.25, 0.3) is 0 Å². The Labute approximate surface area is 106 Å². The predicted molar refractivity (Wildman–Crippen MR) is 68.0 cm³/mol. The number of halogens is 1. The number of fused-ring (bicyclic) bond motifs is 1. The van der Waals surface area contributed by atoms with Crippen LogP contribution in [0.3, 0.4) is 0 Å². The summed E-state index contributed by atoms with van der Waals surface area (Å²) < 4.78 is 19.5. The molecule has 0 spiro atoms. The molecule has 0 amide bonds. The zero-order valence-corrected chi connectivity index (χ0v) is 10.2. The van der Waals surface area contributed by atoms with Crippen molar-refractivity contribution in [3.63, 3.8) is 0 Å². The molecule has 3 atom stereocenters. The monoisotopic (exact) mass is 248 g/mol. The minimum atomic E-state index is -0.273. The van der Waals surface area contributed by atoms with Crippen molar-refractivity contribution in [3.05, 3.63) is 35.6 Å². The second-order valence-corrected chi connectivity index (χ2v) is 5.05. The van der Waals surface area contributed by atoms with Crippen molar-refractivity contribution in [3.8, 4) is 0 Å². The minimum Gasteiger partial charge on any atom is -0.472 e. The van der Waals surface area contributed by atoms with Crippen LogP contribution in [0.15, 0.2) is 29.3 Å². The van der Waals surface area contributed by atoms with E-state index in [-0.39, 0.29) is 18.0 Å². The van der Waals surface area contributed by atoms with E-state index in [0.717, 1.165) is 19.3 Å². The quantitative estimate of drug-likeness (QED) is 0.871. The first-order chi connectivity index (χ1) is 8.78. The molecule has 18 heavy (non-hydrogen) atoms. The van der Waals surface area contributed by atoms with Gasteiger partial charge in [-0.1, -0.05) is 12.1 Å². The molecular weight excluding hydrogens is 231 g/mol. The van der Waals surface area contributed by atoms with Gasteiger partial charge in [-0.25, -0.2) is 9.38 Å². The van der Waals surface area contributed by atoms with Crippen molar-refractivity contribution in [1.29, 1.82) is 0 Å². The highest BCUT2D eigenvalue weighted by Gasteiger charge is 2.37. The molecule has 1 aromatic carbocycles. The van der Waals surface area contributed by atoms with Gasteiger partial charge in [-0.15, -0.1) is 0 Å². The second-order valence-electron chi connectivity index (χ2n) is 5.05. The summed E-state index contributed by atoms with van der Waals surface area (Å²) in [6.07, 6.45) is 3.10. The van der Waals surface area contributed by atoms with E-state index in [1.807, 2.05) is 0 Å². The number of hydrogen-bond acceptors (Lipinski definition) is 3. The van der Waals surface area contributed by atoms with Crippen LogP contribution in [0.5, 0.6) is 0 Å². The van der Waals surface area contributed by atoms with Crippen LogP contribution in [-0.2, 0) is 4.74 Å². The first kappa shape index (κ1) is 11.7. The Morgan fingerprint density at radius 1 is 1.33 bits per heavy atom. The number of benzene rings is 1. The largest absolute Gasteiger partial charge is 0.472 e. The van der Waals surface area contributed by atoms with Crippen LogP contribution < -0.4 is 5.73 Å². The maximum absolute atomic E-state index is 13.7. The lowest BCUT2D eigenvalue weighted by molar-refractivity contribution is 0.123. The standard InChI is InChI=1S/C14H17FN2O/c15-11-4-2-1-3-10(11)14-17-12-6-5-9(8-16)7-13(12)18-14/h1-4,9,12-13H,5-8,16H2. The van der Waals surface area contributed by atoms with Crippen LogP contribution in [0, 0.1) is 11.7 Å². The number of rotatable bonds is 2. The fourth-order valence-corrected chi connectivity index (χ4v) is 2.78. The van der Waals surface area contributed by atoms with Gasteiger partial charge < -0.3 is 10.5 Å². The zero-order valence-electron chi connectivity index (χ0n) is 10.2. The highest BCUT2D eigenvalue weighted by atomic mass is 19.1. The Morgan fingerprint density at radius 3 is 2.94 bits per heavy atom. The highest BCUT2D eigenvalue weighted by molar-refractivity contribution is 5.95. The average molecular weight is 248 g/mol. The summed E-state index contributed by atoms with van der Waals surface area (Å²) in [5, 5.41) is 0. The lowest BCUT2D eigenvalue weighted by Crippen LogP contribution is -2.34.